The predicted octanol–water partition coefficient (Wildman–Crippen LogP) is 4.36. The van der Waals surface area contributed by atoms with Crippen molar-refractivity contribution in [1.29, 1.82) is 0 Å². The van der Waals surface area contributed by atoms with Crippen LogP contribution in [0.15, 0.2) is 61.1 Å². The Kier molecular flexibility index (Phi) is 10.3. The minimum absolute atomic E-state index is 0.0235. The summed E-state index contributed by atoms with van der Waals surface area (Å²) in [7, 11) is 0. The molecule has 1 atom stereocenters. The van der Waals surface area contributed by atoms with Crippen molar-refractivity contribution in [2.75, 3.05) is 36.9 Å². The van der Waals surface area contributed by atoms with Crippen molar-refractivity contribution in [1.82, 2.24) is 19.9 Å². The molecule has 0 radical (unpaired) electrons. The first-order chi connectivity index (χ1) is 17.5. The summed E-state index contributed by atoms with van der Waals surface area (Å²) in [6.45, 7) is 9.48. The smallest absolute Gasteiger partial charge is 0.309 e. The largest absolute Gasteiger partial charge is 0.465 e. The van der Waals surface area contributed by atoms with Crippen molar-refractivity contribution < 1.29 is 14.3 Å². The van der Waals surface area contributed by atoms with E-state index in [0.29, 0.717) is 23.8 Å². The molecule has 3 aromatic rings. The van der Waals surface area contributed by atoms with Crippen molar-refractivity contribution in [3.8, 4) is 0 Å². The van der Waals surface area contributed by atoms with E-state index in [-0.39, 0.29) is 24.3 Å². The number of hydrogen-bond acceptors (Lipinski definition) is 8. The number of aromatic nitrogens is 3. The molecule has 9 heteroatoms. The number of benzene rings is 1. The van der Waals surface area contributed by atoms with Gasteiger partial charge >= 0.3 is 5.97 Å². The van der Waals surface area contributed by atoms with Gasteiger partial charge in [-0.1, -0.05) is 50.3 Å². The molecule has 0 fully saturated rings. The fourth-order valence-electron chi connectivity index (χ4n) is 3.68. The predicted molar refractivity (Wildman–Crippen MR) is 142 cm³/mol. The van der Waals surface area contributed by atoms with E-state index in [0.717, 1.165) is 37.0 Å². The van der Waals surface area contributed by atoms with Gasteiger partial charge in [-0.3, -0.25) is 9.59 Å². The molecule has 1 amide bonds. The number of hydrogen-bond donors (Lipinski definition) is 2. The fourth-order valence-corrected chi connectivity index (χ4v) is 3.68. The third kappa shape index (κ3) is 8.13. The fraction of sp³-hybridized carbons (Fsp3) is 0.370. The lowest BCUT2D eigenvalue weighted by Gasteiger charge is -2.17. The summed E-state index contributed by atoms with van der Waals surface area (Å²) < 4.78 is 5.22. The van der Waals surface area contributed by atoms with Gasteiger partial charge in [-0.05, 0) is 44.1 Å². The number of anilines is 2. The second-order valence-electron chi connectivity index (χ2n) is 8.28. The Morgan fingerprint density at radius 2 is 1.89 bits per heavy atom. The van der Waals surface area contributed by atoms with Gasteiger partial charge in [0.15, 0.2) is 0 Å². The number of esters is 1. The Labute approximate surface area is 212 Å². The van der Waals surface area contributed by atoms with E-state index in [2.05, 4.69) is 44.3 Å². The number of amides is 1. The topological polar surface area (TPSA) is 109 Å². The number of rotatable bonds is 13. The first-order valence-electron chi connectivity index (χ1n) is 12.3. The monoisotopic (exact) mass is 490 g/mol. The van der Waals surface area contributed by atoms with Gasteiger partial charge in [0, 0.05) is 18.0 Å². The molecule has 9 nitrogen and oxygen atoms in total. The zero-order valence-corrected chi connectivity index (χ0v) is 21.1. The molecular weight excluding hydrogens is 456 g/mol. The van der Waals surface area contributed by atoms with Gasteiger partial charge in [0.1, 0.15) is 18.0 Å². The lowest BCUT2D eigenvalue weighted by molar-refractivity contribution is -0.142. The van der Waals surface area contributed by atoms with E-state index in [4.69, 9.17) is 4.74 Å². The van der Waals surface area contributed by atoms with Gasteiger partial charge in [-0.15, -0.1) is 0 Å². The van der Waals surface area contributed by atoms with Crippen molar-refractivity contribution >= 4 is 34.4 Å². The standard InChI is InChI=1S/C27H34N6O3/c1-4-33(5-2)15-10-16-36-26(35)14-9-13-25(34)32-24-17-22-23(18-28-24)29-19-30-27(22)31-20(3)21-11-7-6-8-12-21/h6-9,11-13,17-20H,4-5,10,14-16H2,1-3H3,(H,28,32,34)(H,29,30,31). The lowest BCUT2D eigenvalue weighted by atomic mass is 10.1. The highest BCUT2D eigenvalue weighted by Crippen LogP contribution is 2.25. The number of carbonyl (C=O) groups is 2. The maximum absolute atomic E-state index is 12.3. The quantitative estimate of drug-likeness (QED) is 0.207. The van der Waals surface area contributed by atoms with Crippen LogP contribution in [0.25, 0.3) is 10.9 Å². The van der Waals surface area contributed by atoms with Crippen LogP contribution in [-0.4, -0.2) is 58.0 Å². The average Bonchev–Trinajstić information content (AvgIpc) is 2.89. The molecule has 0 saturated carbocycles. The van der Waals surface area contributed by atoms with Gasteiger partial charge in [0.25, 0.3) is 0 Å². The highest BCUT2D eigenvalue weighted by atomic mass is 16.5. The van der Waals surface area contributed by atoms with Crippen LogP contribution in [0.5, 0.6) is 0 Å². The first-order valence-corrected chi connectivity index (χ1v) is 12.3. The second-order valence-corrected chi connectivity index (χ2v) is 8.28. The van der Waals surface area contributed by atoms with Crippen molar-refractivity contribution in [3.05, 3.63) is 66.6 Å². The molecule has 2 N–H and O–H groups in total. The van der Waals surface area contributed by atoms with E-state index in [1.807, 2.05) is 37.3 Å². The maximum Gasteiger partial charge on any atom is 0.309 e. The zero-order valence-electron chi connectivity index (χ0n) is 21.1. The van der Waals surface area contributed by atoms with Crippen molar-refractivity contribution in [2.24, 2.45) is 0 Å². The van der Waals surface area contributed by atoms with Gasteiger partial charge in [0.05, 0.1) is 24.7 Å². The molecule has 0 aliphatic rings. The summed E-state index contributed by atoms with van der Waals surface area (Å²) in [5.41, 5.74) is 1.78. The Hall–Kier alpha value is -3.85. The van der Waals surface area contributed by atoms with Crippen LogP contribution in [0, 0.1) is 0 Å². The van der Waals surface area contributed by atoms with E-state index < -0.39 is 0 Å². The minimum Gasteiger partial charge on any atom is -0.465 e. The van der Waals surface area contributed by atoms with Crippen molar-refractivity contribution in [3.63, 3.8) is 0 Å². The SMILES string of the molecule is CCN(CC)CCCOC(=O)CC=CC(=O)Nc1cc2c(NC(C)c3ccccc3)ncnc2cn1. The zero-order chi connectivity index (χ0) is 25.8. The van der Waals surface area contributed by atoms with Crippen LogP contribution in [0.1, 0.15) is 45.2 Å². The third-order valence-electron chi connectivity index (χ3n) is 5.76. The van der Waals surface area contributed by atoms with Gasteiger partial charge in [-0.25, -0.2) is 15.0 Å². The van der Waals surface area contributed by atoms with Crippen LogP contribution < -0.4 is 10.6 Å². The third-order valence-corrected chi connectivity index (χ3v) is 5.76. The van der Waals surface area contributed by atoms with Crippen LogP contribution in [0.3, 0.4) is 0 Å². The number of nitrogens with zero attached hydrogens (tertiary/aromatic N) is 4. The normalized spacial score (nSPS) is 12.1. The number of pyridine rings is 1. The molecule has 0 aliphatic carbocycles. The summed E-state index contributed by atoms with van der Waals surface area (Å²) in [6.07, 6.45) is 6.68. The summed E-state index contributed by atoms with van der Waals surface area (Å²) in [5, 5.41) is 6.86. The summed E-state index contributed by atoms with van der Waals surface area (Å²) in [6, 6.07) is 11.8. The Morgan fingerprint density at radius 1 is 1.11 bits per heavy atom. The van der Waals surface area contributed by atoms with Crippen LogP contribution in [0.4, 0.5) is 11.6 Å². The molecule has 36 heavy (non-hydrogen) atoms. The number of ether oxygens (including phenoxy) is 1. The summed E-state index contributed by atoms with van der Waals surface area (Å²) in [4.78, 5) is 39.4. The molecule has 190 valence electrons. The molecule has 1 unspecified atom stereocenters. The Bertz CT molecular complexity index is 1160. The average molecular weight is 491 g/mol. The number of nitrogens with one attached hydrogen (secondary N) is 2. The van der Waals surface area contributed by atoms with E-state index in [9.17, 15) is 9.59 Å². The van der Waals surface area contributed by atoms with Crippen LogP contribution in [0.2, 0.25) is 0 Å². The molecule has 0 spiro atoms. The van der Waals surface area contributed by atoms with Gasteiger partial charge in [-0.2, -0.15) is 0 Å². The number of fused-ring (bicyclic) bond motifs is 1. The molecule has 1 aromatic carbocycles. The van der Waals surface area contributed by atoms with Crippen molar-refractivity contribution in [2.45, 2.75) is 39.7 Å². The number of carbonyl (C=O) groups excluding carboxylic acids is 2. The molecule has 0 bridgehead atoms. The van der Waals surface area contributed by atoms with E-state index in [1.54, 1.807) is 12.3 Å². The highest BCUT2D eigenvalue weighted by Gasteiger charge is 2.11. The van der Waals surface area contributed by atoms with E-state index >= 15 is 0 Å². The van der Waals surface area contributed by atoms with Crippen LogP contribution >= 0.6 is 0 Å². The minimum atomic E-state index is -0.389. The maximum atomic E-state index is 12.3. The Balaban J connectivity index is 1.53. The summed E-state index contributed by atoms with van der Waals surface area (Å²) >= 11 is 0. The lowest BCUT2D eigenvalue weighted by Crippen LogP contribution is -2.25. The first kappa shape index (κ1) is 26.7. The molecule has 3 rings (SSSR count). The molecule has 0 aliphatic heterocycles. The van der Waals surface area contributed by atoms with Gasteiger partial charge < -0.3 is 20.3 Å². The van der Waals surface area contributed by atoms with Gasteiger partial charge in [0.2, 0.25) is 5.91 Å². The Morgan fingerprint density at radius 3 is 2.64 bits per heavy atom. The molecule has 2 aromatic heterocycles. The second kappa shape index (κ2) is 13.9. The summed E-state index contributed by atoms with van der Waals surface area (Å²) in [5.74, 6) is 0.262. The molecule has 2 heterocycles. The van der Waals surface area contributed by atoms with E-state index in [1.165, 1.54) is 18.5 Å². The molecule has 0 saturated heterocycles. The molecular formula is C27H34N6O3. The van der Waals surface area contributed by atoms with Crippen LogP contribution in [-0.2, 0) is 14.3 Å². The highest BCUT2D eigenvalue weighted by molar-refractivity contribution is 6.00.